The Morgan fingerprint density at radius 3 is 2.61 bits per heavy atom. The highest BCUT2D eigenvalue weighted by Gasteiger charge is 2.04. The smallest absolute Gasteiger partial charge is 0.269 e. The van der Waals surface area contributed by atoms with Crippen molar-refractivity contribution in [3.8, 4) is 0 Å². The van der Waals surface area contributed by atoms with Gasteiger partial charge in [0.05, 0.1) is 4.92 Å². The minimum atomic E-state index is -0.380. The lowest BCUT2D eigenvalue weighted by molar-refractivity contribution is -0.384. The molecule has 100 valence electrons. The minimum absolute atomic E-state index is 0.139. The Hall–Kier alpha value is -1.46. The van der Waals surface area contributed by atoms with Gasteiger partial charge in [-0.2, -0.15) is 0 Å². The van der Waals surface area contributed by atoms with Crippen LogP contribution in [0.5, 0.6) is 0 Å². The molecule has 18 heavy (non-hydrogen) atoms. The van der Waals surface area contributed by atoms with Crippen molar-refractivity contribution < 1.29 is 9.66 Å². The van der Waals surface area contributed by atoms with E-state index >= 15 is 0 Å². The SMILES string of the molecule is COCC(C)CNCCc1ccc([N+](=O)[O-])cc1. The summed E-state index contributed by atoms with van der Waals surface area (Å²) in [5, 5.41) is 13.8. The Kier molecular flexibility index (Phi) is 6.32. The van der Waals surface area contributed by atoms with Gasteiger partial charge in [-0.05, 0) is 31.0 Å². The Morgan fingerprint density at radius 1 is 1.39 bits per heavy atom. The predicted octanol–water partition coefficient (Wildman–Crippen LogP) is 2.01. The first-order valence-electron chi connectivity index (χ1n) is 6.06. The zero-order chi connectivity index (χ0) is 13.4. The van der Waals surface area contributed by atoms with E-state index in [1.165, 1.54) is 0 Å². The van der Waals surface area contributed by atoms with Crippen molar-refractivity contribution in [2.24, 2.45) is 5.92 Å². The molecule has 0 amide bonds. The van der Waals surface area contributed by atoms with Crippen LogP contribution in [0.1, 0.15) is 12.5 Å². The molecule has 0 radical (unpaired) electrons. The van der Waals surface area contributed by atoms with Gasteiger partial charge >= 0.3 is 0 Å². The quantitative estimate of drug-likeness (QED) is 0.436. The summed E-state index contributed by atoms with van der Waals surface area (Å²) in [4.78, 5) is 10.1. The number of ether oxygens (including phenoxy) is 1. The fourth-order valence-corrected chi connectivity index (χ4v) is 1.71. The van der Waals surface area contributed by atoms with Crippen LogP contribution in [-0.4, -0.2) is 31.7 Å². The van der Waals surface area contributed by atoms with E-state index in [9.17, 15) is 10.1 Å². The Labute approximate surface area is 107 Å². The lowest BCUT2D eigenvalue weighted by Gasteiger charge is -2.11. The van der Waals surface area contributed by atoms with Crippen molar-refractivity contribution in [2.75, 3.05) is 26.8 Å². The number of nitrogens with one attached hydrogen (secondary N) is 1. The van der Waals surface area contributed by atoms with Gasteiger partial charge in [-0.15, -0.1) is 0 Å². The number of nitrogens with zero attached hydrogens (tertiary/aromatic N) is 1. The van der Waals surface area contributed by atoms with Crippen LogP contribution in [0.4, 0.5) is 5.69 Å². The summed E-state index contributed by atoms with van der Waals surface area (Å²) in [6, 6.07) is 6.70. The Balaban J connectivity index is 2.25. The first-order chi connectivity index (χ1) is 8.63. The molecule has 5 nitrogen and oxygen atoms in total. The first kappa shape index (κ1) is 14.6. The van der Waals surface area contributed by atoms with Crippen LogP contribution in [0.3, 0.4) is 0 Å². The van der Waals surface area contributed by atoms with E-state index in [1.54, 1.807) is 31.4 Å². The number of nitro groups is 1. The van der Waals surface area contributed by atoms with Crippen molar-refractivity contribution in [1.29, 1.82) is 0 Å². The van der Waals surface area contributed by atoms with Gasteiger partial charge in [0.1, 0.15) is 0 Å². The average molecular weight is 252 g/mol. The monoisotopic (exact) mass is 252 g/mol. The van der Waals surface area contributed by atoms with Gasteiger partial charge in [-0.25, -0.2) is 0 Å². The molecule has 0 bridgehead atoms. The summed E-state index contributed by atoms with van der Waals surface area (Å²) in [6.07, 6.45) is 0.873. The molecule has 0 spiro atoms. The van der Waals surface area contributed by atoms with Crippen molar-refractivity contribution >= 4 is 5.69 Å². The summed E-state index contributed by atoms with van der Waals surface area (Å²) in [7, 11) is 1.70. The molecule has 0 fully saturated rings. The topological polar surface area (TPSA) is 64.4 Å². The van der Waals surface area contributed by atoms with E-state index in [4.69, 9.17) is 4.74 Å². The number of rotatable bonds is 8. The third kappa shape index (κ3) is 5.25. The fourth-order valence-electron chi connectivity index (χ4n) is 1.71. The molecule has 0 aliphatic rings. The van der Waals surface area contributed by atoms with E-state index in [-0.39, 0.29) is 10.6 Å². The van der Waals surface area contributed by atoms with Crippen LogP contribution in [0.15, 0.2) is 24.3 Å². The van der Waals surface area contributed by atoms with E-state index in [2.05, 4.69) is 12.2 Å². The van der Waals surface area contributed by atoms with Gasteiger partial charge < -0.3 is 10.1 Å². The summed E-state index contributed by atoms with van der Waals surface area (Å²) in [5.41, 5.74) is 1.24. The third-order valence-corrected chi connectivity index (χ3v) is 2.68. The molecule has 5 heteroatoms. The summed E-state index contributed by atoms with van der Waals surface area (Å²) >= 11 is 0. The highest BCUT2D eigenvalue weighted by Crippen LogP contribution is 2.11. The zero-order valence-electron chi connectivity index (χ0n) is 10.9. The largest absolute Gasteiger partial charge is 0.384 e. The number of benzene rings is 1. The van der Waals surface area contributed by atoms with Crippen molar-refractivity contribution in [1.82, 2.24) is 5.32 Å². The number of non-ortho nitro benzene ring substituents is 1. The molecule has 0 aromatic heterocycles. The van der Waals surface area contributed by atoms with Gasteiger partial charge in [0.15, 0.2) is 0 Å². The molecule has 1 atom stereocenters. The Morgan fingerprint density at radius 2 is 2.06 bits per heavy atom. The number of hydrogen-bond acceptors (Lipinski definition) is 4. The normalized spacial score (nSPS) is 12.3. The summed E-state index contributed by atoms with van der Waals surface area (Å²) in [6.45, 7) is 4.67. The van der Waals surface area contributed by atoms with Gasteiger partial charge in [-0.1, -0.05) is 19.1 Å². The molecule has 1 rings (SSSR count). The van der Waals surface area contributed by atoms with Crippen LogP contribution in [0, 0.1) is 16.0 Å². The zero-order valence-corrected chi connectivity index (χ0v) is 10.9. The highest BCUT2D eigenvalue weighted by molar-refractivity contribution is 5.32. The minimum Gasteiger partial charge on any atom is -0.384 e. The van der Waals surface area contributed by atoms with Gasteiger partial charge in [0.25, 0.3) is 5.69 Å². The van der Waals surface area contributed by atoms with Crippen molar-refractivity contribution in [3.05, 3.63) is 39.9 Å². The number of nitro benzene ring substituents is 1. The lowest BCUT2D eigenvalue weighted by Crippen LogP contribution is -2.25. The van der Waals surface area contributed by atoms with Crippen molar-refractivity contribution in [2.45, 2.75) is 13.3 Å². The number of hydrogen-bond donors (Lipinski definition) is 1. The van der Waals surface area contributed by atoms with E-state index < -0.39 is 0 Å². The molecular formula is C13H20N2O3. The van der Waals surface area contributed by atoms with Crippen LogP contribution < -0.4 is 5.32 Å². The van der Waals surface area contributed by atoms with Crippen LogP contribution in [0.2, 0.25) is 0 Å². The fraction of sp³-hybridized carbons (Fsp3) is 0.538. The maximum atomic E-state index is 10.5. The second-order valence-electron chi connectivity index (χ2n) is 4.44. The maximum Gasteiger partial charge on any atom is 0.269 e. The molecule has 1 aromatic carbocycles. The van der Waals surface area contributed by atoms with Gasteiger partial charge in [-0.3, -0.25) is 10.1 Å². The van der Waals surface area contributed by atoms with Crippen molar-refractivity contribution in [3.63, 3.8) is 0 Å². The number of methoxy groups -OCH3 is 1. The molecule has 1 N–H and O–H groups in total. The molecule has 1 aromatic rings. The Bertz CT molecular complexity index is 365. The third-order valence-electron chi connectivity index (χ3n) is 2.68. The lowest BCUT2D eigenvalue weighted by atomic mass is 10.1. The maximum absolute atomic E-state index is 10.5. The molecule has 0 heterocycles. The van der Waals surface area contributed by atoms with E-state index in [0.717, 1.165) is 31.7 Å². The summed E-state index contributed by atoms with van der Waals surface area (Å²) in [5.74, 6) is 0.492. The molecule has 0 aliphatic carbocycles. The summed E-state index contributed by atoms with van der Waals surface area (Å²) < 4.78 is 5.05. The van der Waals surface area contributed by atoms with Crippen LogP contribution >= 0.6 is 0 Å². The molecule has 1 unspecified atom stereocenters. The molecular weight excluding hydrogens is 232 g/mol. The first-order valence-corrected chi connectivity index (χ1v) is 6.06. The second-order valence-corrected chi connectivity index (χ2v) is 4.44. The van der Waals surface area contributed by atoms with E-state index in [0.29, 0.717) is 5.92 Å². The second kappa shape index (κ2) is 7.79. The predicted molar refractivity (Wildman–Crippen MR) is 70.7 cm³/mol. The standard InChI is InChI=1S/C13H20N2O3/c1-11(10-18-2)9-14-8-7-12-3-5-13(6-4-12)15(16)17/h3-6,11,14H,7-10H2,1-2H3. The molecule has 0 saturated carbocycles. The van der Waals surface area contributed by atoms with Gasteiger partial charge in [0, 0.05) is 25.8 Å². The van der Waals surface area contributed by atoms with Gasteiger partial charge in [0.2, 0.25) is 0 Å². The molecule has 0 saturated heterocycles. The molecule has 0 aliphatic heterocycles. The van der Waals surface area contributed by atoms with E-state index in [1.807, 2.05) is 0 Å². The average Bonchev–Trinajstić information content (AvgIpc) is 2.35. The van der Waals surface area contributed by atoms with Crippen LogP contribution in [-0.2, 0) is 11.2 Å². The highest BCUT2D eigenvalue weighted by atomic mass is 16.6. The van der Waals surface area contributed by atoms with Crippen LogP contribution in [0.25, 0.3) is 0 Å².